The van der Waals surface area contributed by atoms with Crippen LogP contribution in [-0.2, 0) is 13.1 Å². The first-order valence-electron chi connectivity index (χ1n) is 19.7. The minimum atomic E-state index is -1.23. The van der Waals surface area contributed by atoms with Crippen LogP contribution in [0.5, 0.6) is 0 Å². The van der Waals surface area contributed by atoms with Gasteiger partial charge in [-0.1, -0.05) is 0 Å². The maximum absolute atomic E-state index is 14.2. The number of nitrogens with one attached hydrogen (secondary N) is 2. The molecule has 8 rings (SSSR count). The second-order valence-electron chi connectivity index (χ2n) is 14.9. The molecule has 2 aliphatic heterocycles. The van der Waals surface area contributed by atoms with Crippen molar-refractivity contribution in [2.24, 2.45) is 0 Å². The van der Waals surface area contributed by atoms with E-state index >= 15 is 0 Å². The van der Waals surface area contributed by atoms with E-state index in [-0.39, 0.29) is 22.8 Å². The maximum atomic E-state index is 14.2. The van der Waals surface area contributed by atoms with Gasteiger partial charge in [0.15, 0.2) is 10.3 Å². The van der Waals surface area contributed by atoms with E-state index in [1.807, 2.05) is 64.8 Å². The standard InChI is InChI=1S/C22H23FN4O3S.C21H22FIN4OS/c1-14-9-19(20(28)25-18-6-5-15(21(29)30)10-17(18)23)27(11-14)12-16-13-31-22(24-16)26-7-3-2-4-8-26;1-14-9-19(20(28)25-18-6-5-15(23)10-17(18)22)27(11-14)12-16-13-29-21(24-16)26-7-3-2-4-8-26/h5-6,9-11,13H,2-4,7-8,12H2,1H3,(H,25,28)(H,29,30);5-6,9-11,13H,2-4,7-8,12H2,1H3,(H,25,28). The van der Waals surface area contributed by atoms with Gasteiger partial charge in [0.1, 0.15) is 23.0 Å². The minimum Gasteiger partial charge on any atom is -0.478 e. The Morgan fingerprint density at radius 2 is 1.13 bits per heavy atom. The Morgan fingerprint density at radius 1 is 0.683 bits per heavy atom. The summed E-state index contributed by atoms with van der Waals surface area (Å²) in [6.45, 7) is 8.94. The van der Waals surface area contributed by atoms with Crippen LogP contribution in [0.15, 0.2) is 71.7 Å². The lowest BCUT2D eigenvalue weighted by Crippen LogP contribution is -2.29. The maximum Gasteiger partial charge on any atom is 0.335 e. The van der Waals surface area contributed by atoms with Gasteiger partial charge < -0.3 is 34.7 Å². The first-order valence-corrected chi connectivity index (χ1v) is 22.6. The molecule has 2 fully saturated rings. The van der Waals surface area contributed by atoms with Gasteiger partial charge in [0.05, 0.1) is 41.4 Å². The number of hydrogen-bond acceptors (Lipinski definition) is 9. The van der Waals surface area contributed by atoms with E-state index in [0.29, 0.717) is 24.5 Å². The number of carbonyl (C=O) groups excluding carboxylic acids is 2. The smallest absolute Gasteiger partial charge is 0.335 e. The Kier molecular flexibility index (Phi) is 14.0. The molecule has 60 heavy (non-hydrogen) atoms. The summed E-state index contributed by atoms with van der Waals surface area (Å²) in [7, 11) is 0. The molecule has 12 nitrogen and oxygen atoms in total. The monoisotopic (exact) mass is 966 g/mol. The van der Waals surface area contributed by atoms with Gasteiger partial charge >= 0.3 is 5.97 Å². The van der Waals surface area contributed by atoms with Gasteiger partial charge in [-0.3, -0.25) is 9.59 Å². The Bertz CT molecular complexity index is 2480. The number of piperidine rings is 2. The largest absolute Gasteiger partial charge is 0.478 e. The summed E-state index contributed by atoms with van der Waals surface area (Å²) >= 11 is 5.30. The first-order chi connectivity index (χ1) is 28.9. The van der Waals surface area contributed by atoms with Crippen LogP contribution in [0.3, 0.4) is 0 Å². The van der Waals surface area contributed by atoms with Crippen LogP contribution in [0.4, 0.5) is 30.4 Å². The van der Waals surface area contributed by atoms with E-state index in [1.54, 1.807) is 45.4 Å². The zero-order chi connectivity index (χ0) is 42.3. The quantitative estimate of drug-likeness (QED) is 0.109. The highest BCUT2D eigenvalue weighted by molar-refractivity contribution is 14.1. The molecular formula is C43H45F2IN8O4S2. The number of anilines is 4. The number of aromatic carboxylic acids is 1. The molecule has 0 saturated carbocycles. The van der Waals surface area contributed by atoms with Gasteiger partial charge in [-0.15, -0.1) is 22.7 Å². The average molecular weight is 967 g/mol. The number of carboxylic acid groups (broad SMARTS) is 1. The number of aryl methyl sites for hydroxylation is 2. The third kappa shape index (κ3) is 10.8. The van der Waals surface area contributed by atoms with Gasteiger partial charge in [0, 0.05) is 52.9 Å². The molecule has 0 radical (unpaired) electrons. The molecule has 3 N–H and O–H groups in total. The Balaban J connectivity index is 0.000000182. The number of nitrogens with zero attached hydrogens (tertiary/aromatic N) is 6. The van der Waals surface area contributed by atoms with Crippen LogP contribution in [0, 0.1) is 29.1 Å². The molecule has 6 aromatic rings. The van der Waals surface area contributed by atoms with Crippen molar-refractivity contribution in [3.05, 3.63) is 126 Å². The second kappa shape index (κ2) is 19.5. The molecule has 17 heteroatoms. The SMILES string of the molecule is Cc1cc(C(=O)Nc2ccc(C(=O)O)cc2F)n(Cc2csc(N3CCCCC3)n2)c1.Cc1cc(C(=O)Nc2ccc(I)cc2F)n(Cc2csc(N3CCCCC3)n2)c1. The summed E-state index contributed by atoms with van der Waals surface area (Å²) in [6.07, 6.45) is 11.1. The summed E-state index contributed by atoms with van der Waals surface area (Å²) in [6, 6.07) is 11.7. The van der Waals surface area contributed by atoms with E-state index in [0.717, 1.165) is 68.6 Å². The predicted octanol–water partition coefficient (Wildman–Crippen LogP) is 9.67. The number of hydrogen-bond donors (Lipinski definition) is 3. The first kappa shape index (κ1) is 43.0. The van der Waals surface area contributed by atoms with Gasteiger partial charge in [-0.25, -0.2) is 23.5 Å². The van der Waals surface area contributed by atoms with Crippen LogP contribution in [0.2, 0.25) is 0 Å². The van der Waals surface area contributed by atoms with E-state index < -0.39 is 23.5 Å². The third-order valence-electron chi connectivity index (χ3n) is 10.2. The zero-order valence-corrected chi connectivity index (χ0v) is 37.0. The summed E-state index contributed by atoms with van der Waals surface area (Å²) in [5, 5.41) is 20.3. The highest BCUT2D eigenvalue weighted by Crippen LogP contribution is 2.27. The molecule has 0 aliphatic carbocycles. The second-order valence-corrected chi connectivity index (χ2v) is 17.9. The van der Waals surface area contributed by atoms with Crippen LogP contribution < -0.4 is 20.4 Å². The lowest BCUT2D eigenvalue weighted by Gasteiger charge is -2.25. The van der Waals surface area contributed by atoms with Crippen molar-refractivity contribution in [3.8, 4) is 0 Å². The Labute approximate surface area is 368 Å². The normalized spacial score (nSPS) is 14.1. The van der Waals surface area contributed by atoms with Gasteiger partial charge in [-0.2, -0.15) is 0 Å². The van der Waals surface area contributed by atoms with Crippen LogP contribution >= 0.6 is 45.3 Å². The van der Waals surface area contributed by atoms with Crippen molar-refractivity contribution in [1.82, 2.24) is 19.1 Å². The summed E-state index contributed by atoms with van der Waals surface area (Å²) in [5.41, 5.74) is 4.49. The number of carboxylic acids is 1. The molecule has 2 amide bonds. The van der Waals surface area contributed by atoms with Crippen molar-refractivity contribution < 1.29 is 28.3 Å². The van der Waals surface area contributed by atoms with Crippen molar-refractivity contribution in [1.29, 1.82) is 0 Å². The van der Waals surface area contributed by atoms with Crippen LogP contribution in [-0.4, -0.2) is 68.2 Å². The third-order valence-corrected chi connectivity index (χ3v) is 12.7. The lowest BCUT2D eigenvalue weighted by molar-refractivity contribution is 0.0696. The molecular weight excluding hydrogens is 922 g/mol. The summed E-state index contributed by atoms with van der Waals surface area (Å²) < 4.78 is 32.8. The minimum absolute atomic E-state index is 0.0681. The number of carbonyl (C=O) groups is 3. The van der Waals surface area contributed by atoms with Crippen LogP contribution in [0.25, 0.3) is 0 Å². The molecule has 2 aliphatic rings. The number of amides is 2. The van der Waals surface area contributed by atoms with Gasteiger partial charge in [-0.05, 0) is 135 Å². The van der Waals surface area contributed by atoms with Crippen molar-refractivity contribution >= 4 is 84.7 Å². The van der Waals surface area contributed by atoms with E-state index in [1.165, 1.54) is 56.7 Å². The Morgan fingerprint density at radius 3 is 1.57 bits per heavy atom. The van der Waals surface area contributed by atoms with Gasteiger partial charge in [0.25, 0.3) is 11.8 Å². The number of rotatable bonds is 11. The van der Waals surface area contributed by atoms with Crippen LogP contribution in [0.1, 0.15) is 92.4 Å². The van der Waals surface area contributed by atoms with Crippen molar-refractivity contribution in [3.63, 3.8) is 0 Å². The number of halogens is 3. The molecule has 2 saturated heterocycles. The Hall–Kier alpha value is -5.14. The molecule has 4 aromatic heterocycles. The lowest BCUT2D eigenvalue weighted by atomic mass is 10.1. The fourth-order valence-corrected chi connectivity index (χ4v) is 9.41. The van der Waals surface area contributed by atoms with E-state index in [2.05, 4.69) is 25.8 Å². The molecule has 0 spiro atoms. The molecule has 2 aromatic carbocycles. The zero-order valence-electron chi connectivity index (χ0n) is 33.2. The molecule has 0 unspecified atom stereocenters. The van der Waals surface area contributed by atoms with E-state index in [4.69, 9.17) is 15.1 Å². The molecule has 314 valence electrons. The van der Waals surface area contributed by atoms with Gasteiger partial charge in [0.2, 0.25) is 0 Å². The van der Waals surface area contributed by atoms with E-state index in [9.17, 15) is 23.2 Å². The molecule has 0 atom stereocenters. The molecule has 0 bridgehead atoms. The number of thiazole rings is 2. The number of aromatic nitrogens is 4. The topological polar surface area (TPSA) is 138 Å². The highest BCUT2D eigenvalue weighted by atomic mass is 127. The average Bonchev–Trinajstić information content (AvgIpc) is 4.05. The highest BCUT2D eigenvalue weighted by Gasteiger charge is 2.20. The van der Waals surface area contributed by atoms with Crippen molar-refractivity contribution in [2.75, 3.05) is 46.6 Å². The fraction of sp³-hybridized carbons (Fsp3) is 0.326. The van der Waals surface area contributed by atoms with Crippen molar-refractivity contribution in [2.45, 2.75) is 65.5 Å². The summed E-state index contributed by atoms with van der Waals surface area (Å²) in [5.74, 6) is -3.26. The number of benzene rings is 2. The summed E-state index contributed by atoms with van der Waals surface area (Å²) in [4.78, 5) is 50.7. The molecule has 6 heterocycles. The fourth-order valence-electron chi connectivity index (χ4n) is 7.22. The predicted molar refractivity (Wildman–Crippen MR) is 241 cm³/mol.